The lowest BCUT2D eigenvalue weighted by atomic mass is 9.68. The Kier molecular flexibility index (Phi) is 2.49. The van der Waals surface area contributed by atoms with Gasteiger partial charge in [-0.1, -0.05) is 26.8 Å². The monoisotopic (exact) mass is 234 g/mol. The van der Waals surface area contributed by atoms with Gasteiger partial charge < -0.3 is 4.74 Å². The van der Waals surface area contributed by atoms with Gasteiger partial charge in [-0.25, -0.2) is 0 Å². The maximum absolute atomic E-state index is 5.40. The molecule has 0 aromatic rings. The lowest BCUT2D eigenvalue weighted by molar-refractivity contribution is 0.128. The number of hydrogen-bond donors (Lipinski definition) is 0. The van der Waals surface area contributed by atoms with Crippen molar-refractivity contribution in [3.8, 4) is 0 Å². The van der Waals surface area contributed by atoms with E-state index in [4.69, 9.17) is 4.74 Å². The number of hydrogen-bond acceptors (Lipinski definition) is 1. The molecule has 2 saturated carbocycles. The van der Waals surface area contributed by atoms with Gasteiger partial charge in [0.15, 0.2) is 0 Å². The molecular weight excluding hydrogens is 208 g/mol. The predicted octanol–water partition coefficient (Wildman–Crippen LogP) is 4.04. The van der Waals surface area contributed by atoms with Crippen molar-refractivity contribution < 1.29 is 4.74 Å². The molecular formula is C16H26O. The molecule has 1 nitrogen and oxygen atoms in total. The van der Waals surface area contributed by atoms with Gasteiger partial charge in [0.2, 0.25) is 0 Å². The maximum Gasteiger partial charge on any atom is 0.0675 e. The van der Waals surface area contributed by atoms with E-state index >= 15 is 0 Å². The van der Waals surface area contributed by atoms with E-state index in [1.165, 1.54) is 25.7 Å². The van der Waals surface area contributed by atoms with Gasteiger partial charge in [0.1, 0.15) is 0 Å². The Bertz CT molecular complexity index is 355. The van der Waals surface area contributed by atoms with Crippen molar-refractivity contribution in [1.82, 2.24) is 0 Å². The average molecular weight is 234 g/mol. The van der Waals surface area contributed by atoms with Crippen LogP contribution in [-0.2, 0) is 4.74 Å². The van der Waals surface area contributed by atoms with Crippen LogP contribution < -0.4 is 0 Å². The molecule has 0 aliphatic heterocycles. The highest BCUT2D eigenvalue weighted by Crippen LogP contribution is 2.71. The third kappa shape index (κ3) is 1.35. The fourth-order valence-corrected chi connectivity index (χ4v) is 5.50. The smallest absolute Gasteiger partial charge is 0.0675 e. The van der Waals surface area contributed by atoms with E-state index in [2.05, 4.69) is 26.8 Å². The molecule has 3 aliphatic carbocycles. The maximum atomic E-state index is 5.40. The van der Waals surface area contributed by atoms with E-state index in [1.54, 1.807) is 5.57 Å². The van der Waals surface area contributed by atoms with E-state index in [-0.39, 0.29) is 0 Å². The van der Waals surface area contributed by atoms with Gasteiger partial charge in [-0.2, -0.15) is 0 Å². The molecule has 0 heterocycles. The summed E-state index contributed by atoms with van der Waals surface area (Å²) in [6.07, 6.45) is 8.19. The van der Waals surface area contributed by atoms with Gasteiger partial charge in [0, 0.05) is 7.11 Å². The average Bonchev–Trinajstić information content (AvgIpc) is 2.68. The second-order valence-corrected chi connectivity index (χ2v) is 7.26. The Morgan fingerprint density at radius 3 is 2.82 bits per heavy atom. The Morgan fingerprint density at radius 1 is 1.35 bits per heavy atom. The summed E-state index contributed by atoms with van der Waals surface area (Å²) >= 11 is 0. The first-order chi connectivity index (χ1) is 8.02. The van der Waals surface area contributed by atoms with Crippen LogP contribution >= 0.6 is 0 Å². The van der Waals surface area contributed by atoms with Gasteiger partial charge >= 0.3 is 0 Å². The van der Waals surface area contributed by atoms with Crippen LogP contribution in [0.2, 0.25) is 0 Å². The van der Waals surface area contributed by atoms with Crippen molar-refractivity contribution in [2.45, 2.75) is 46.5 Å². The topological polar surface area (TPSA) is 9.23 Å². The summed E-state index contributed by atoms with van der Waals surface area (Å²) in [6, 6.07) is 0. The standard InChI is InChI=1S/C16H26O/c1-11-5-6-14-15(2,3)13-9-16(11,14)8-7-12(13)10-17-4/h7,11,13-14H,5-6,8-10H2,1-4H3/t11-,13+,14+,16+/m1/s1. The number of ether oxygens (including phenoxy) is 1. The number of rotatable bonds is 2. The normalized spacial score (nSPS) is 46.8. The molecule has 0 radical (unpaired) electrons. The molecule has 0 saturated heterocycles. The zero-order valence-electron chi connectivity index (χ0n) is 11.8. The van der Waals surface area contributed by atoms with E-state index in [0.717, 1.165) is 24.4 Å². The quantitative estimate of drug-likeness (QED) is 0.655. The Morgan fingerprint density at radius 2 is 2.12 bits per heavy atom. The van der Waals surface area contributed by atoms with Crippen molar-refractivity contribution in [2.75, 3.05) is 13.7 Å². The minimum absolute atomic E-state index is 0.492. The number of methoxy groups -OCH3 is 1. The molecule has 0 amide bonds. The molecule has 3 rings (SSSR count). The zero-order valence-corrected chi connectivity index (χ0v) is 11.8. The fourth-order valence-electron chi connectivity index (χ4n) is 5.50. The van der Waals surface area contributed by atoms with Crippen LogP contribution in [0.25, 0.3) is 0 Å². The summed E-state index contributed by atoms with van der Waals surface area (Å²) in [4.78, 5) is 0. The molecule has 96 valence electrons. The van der Waals surface area contributed by atoms with Crippen LogP contribution in [0.15, 0.2) is 11.6 Å². The minimum atomic E-state index is 0.492. The third-order valence-electron chi connectivity index (χ3n) is 6.45. The van der Waals surface area contributed by atoms with E-state index in [1.807, 2.05) is 7.11 Å². The molecule has 0 N–H and O–H groups in total. The summed E-state index contributed by atoms with van der Waals surface area (Å²) in [5, 5.41) is 0. The molecule has 4 atom stereocenters. The molecule has 2 fully saturated rings. The zero-order chi connectivity index (χ0) is 12.3. The van der Waals surface area contributed by atoms with Crippen molar-refractivity contribution in [3.05, 3.63) is 11.6 Å². The first-order valence-corrected chi connectivity index (χ1v) is 7.20. The van der Waals surface area contributed by atoms with E-state index in [9.17, 15) is 0 Å². The van der Waals surface area contributed by atoms with Crippen LogP contribution in [0, 0.1) is 28.6 Å². The number of allylic oxidation sites excluding steroid dienone is 1. The molecule has 17 heavy (non-hydrogen) atoms. The summed E-state index contributed by atoms with van der Waals surface area (Å²) in [6.45, 7) is 8.37. The van der Waals surface area contributed by atoms with Gasteiger partial charge in [0.25, 0.3) is 0 Å². The van der Waals surface area contributed by atoms with E-state index in [0.29, 0.717) is 10.8 Å². The summed E-state index contributed by atoms with van der Waals surface area (Å²) in [7, 11) is 1.83. The van der Waals surface area contributed by atoms with Gasteiger partial charge in [-0.05, 0) is 59.8 Å². The molecule has 0 unspecified atom stereocenters. The highest BCUT2D eigenvalue weighted by molar-refractivity contribution is 5.27. The lowest BCUT2D eigenvalue weighted by Crippen LogP contribution is -2.30. The van der Waals surface area contributed by atoms with Crippen molar-refractivity contribution >= 4 is 0 Å². The van der Waals surface area contributed by atoms with Gasteiger partial charge in [-0.3, -0.25) is 0 Å². The second kappa shape index (κ2) is 3.60. The predicted molar refractivity (Wildman–Crippen MR) is 70.8 cm³/mol. The van der Waals surface area contributed by atoms with Gasteiger partial charge in [0.05, 0.1) is 6.61 Å². The summed E-state index contributed by atoms with van der Waals surface area (Å²) in [5.74, 6) is 2.65. The Labute approximate surface area is 106 Å². The minimum Gasteiger partial charge on any atom is -0.380 e. The number of fused-ring (bicyclic) bond motifs is 1. The molecule has 0 aromatic carbocycles. The van der Waals surface area contributed by atoms with Crippen LogP contribution in [0.5, 0.6) is 0 Å². The fraction of sp³-hybridized carbons (Fsp3) is 0.875. The lowest BCUT2D eigenvalue weighted by Gasteiger charge is -2.36. The van der Waals surface area contributed by atoms with E-state index < -0.39 is 0 Å². The molecule has 1 spiro atoms. The van der Waals surface area contributed by atoms with Crippen molar-refractivity contribution in [1.29, 1.82) is 0 Å². The van der Waals surface area contributed by atoms with Gasteiger partial charge in [-0.15, -0.1) is 0 Å². The molecule has 1 heteroatoms. The highest BCUT2D eigenvalue weighted by Gasteiger charge is 2.63. The van der Waals surface area contributed by atoms with Crippen LogP contribution in [0.4, 0.5) is 0 Å². The SMILES string of the molecule is COCC1=CC[C@@]23C[C@@H]1C(C)(C)[C@@H]2CC[C@H]3C. The third-order valence-corrected chi connectivity index (χ3v) is 6.45. The Balaban J connectivity index is 2.00. The summed E-state index contributed by atoms with van der Waals surface area (Å²) in [5.41, 5.74) is 2.72. The van der Waals surface area contributed by atoms with Crippen molar-refractivity contribution in [2.24, 2.45) is 28.6 Å². The highest BCUT2D eigenvalue weighted by atomic mass is 16.5. The van der Waals surface area contributed by atoms with Crippen LogP contribution in [0.1, 0.15) is 46.5 Å². The van der Waals surface area contributed by atoms with Crippen LogP contribution in [-0.4, -0.2) is 13.7 Å². The Hall–Kier alpha value is -0.300. The summed E-state index contributed by atoms with van der Waals surface area (Å²) < 4.78 is 5.40. The largest absolute Gasteiger partial charge is 0.380 e. The van der Waals surface area contributed by atoms with Crippen LogP contribution in [0.3, 0.4) is 0 Å². The molecule has 2 bridgehead atoms. The molecule has 3 aliphatic rings. The first kappa shape index (κ1) is 11.8. The van der Waals surface area contributed by atoms with Crippen molar-refractivity contribution in [3.63, 3.8) is 0 Å². The first-order valence-electron chi connectivity index (χ1n) is 7.20. The second-order valence-electron chi connectivity index (χ2n) is 7.26. The molecule has 0 aromatic heterocycles.